The van der Waals surface area contributed by atoms with Gasteiger partial charge >= 0.3 is 0 Å². The Kier molecular flexibility index (Phi) is 8.62. The summed E-state index contributed by atoms with van der Waals surface area (Å²) in [5, 5.41) is 2.89. The molecule has 0 aliphatic carbocycles. The zero-order valence-corrected chi connectivity index (χ0v) is 15.0. The number of imidazole rings is 1. The van der Waals surface area contributed by atoms with E-state index < -0.39 is 6.04 Å². The van der Waals surface area contributed by atoms with Gasteiger partial charge in [0.1, 0.15) is 5.78 Å². The standard InChI is InChI=1S/C18H31N5O2/c19-16(12-15-13-20-14-22-15)17(24)6-7-18(25)21-8-2-1-3-9-23-10-4-5-11-23/h13-14,16H,1-12,19H2,(H,20,22)(H,21,25). The van der Waals surface area contributed by atoms with Crippen LogP contribution in [0.15, 0.2) is 12.5 Å². The Hall–Kier alpha value is -1.73. The molecule has 1 aliphatic rings. The van der Waals surface area contributed by atoms with E-state index in [9.17, 15) is 9.59 Å². The Morgan fingerprint density at radius 1 is 1.24 bits per heavy atom. The molecule has 0 spiro atoms. The molecule has 2 heterocycles. The van der Waals surface area contributed by atoms with Crippen molar-refractivity contribution in [1.29, 1.82) is 0 Å². The first-order chi connectivity index (χ1) is 12.1. The van der Waals surface area contributed by atoms with E-state index >= 15 is 0 Å². The number of ketones is 1. The number of nitrogens with two attached hydrogens (primary N) is 1. The lowest BCUT2D eigenvalue weighted by molar-refractivity contribution is -0.126. The Morgan fingerprint density at radius 2 is 2.04 bits per heavy atom. The molecule has 7 heteroatoms. The molecule has 140 valence electrons. The molecule has 4 N–H and O–H groups in total. The quantitative estimate of drug-likeness (QED) is 0.489. The number of hydrogen-bond acceptors (Lipinski definition) is 5. The molecule has 25 heavy (non-hydrogen) atoms. The van der Waals surface area contributed by atoms with Crippen molar-refractivity contribution in [2.45, 2.75) is 57.4 Å². The molecule has 1 atom stereocenters. The van der Waals surface area contributed by atoms with Crippen molar-refractivity contribution in [3.05, 3.63) is 18.2 Å². The van der Waals surface area contributed by atoms with Gasteiger partial charge in [0.15, 0.2) is 0 Å². The summed E-state index contributed by atoms with van der Waals surface area (Å²) in [6, 6.07) is -0.584. The summed E-state index contributed by atoms with van der Waals surface area (Å²) >= 11 is 0. The summed E-state index contributed by atoms with van der Waals surface area (Å²) < 4.78 is 0. The summed E-state index contributed by atoms with van der Waals surface area (Å²) in [6.45, 7) is 4.35. The SMILES string of the molecule is NC(Cc1cnc[nH]1)C(=O)CCC(=O)NCCCCCN1CCCC1. The van der Waals surface area contributed by atoms with Gasteiger partial charge in [-0.15, -0.1) is 0 Å². The number of carbonyl (C=O) groups is 2. The molecule has 0 bridgehead atoms. The highest BCUT2D eigenvalue weighted by atomic mass is 16.2. The number of hydrogen-bond donors (Lipinski definition) is 3. The van der Waals surface area contributed by atoms with Gasteiger partial charge in [-0.1, -0.05) is 6.42 Å². The Morgan fingerprint density at radius 3 is 2.76 bits per heavy atom. The van der Waals surface area contributed by atoms with Crippen LogP contribution in [0.5, 0.6) is 0 Å². The van der Waals surface area contributed by atoms with E-state index in [1.165, 1.54) is 38.9 Å². The Bertz CT molecular complexity index is 512. The molecule has 0 aromatic carbocycles. The number of carbonyl (C=O) groups excluding carboxylic acids is 2. The second kappa shape index (κ2) is 11.0. The zero-order chi connectivity index (χ0) is 17.9. The third-order valence-electron chi connectivity index (χ3n) is 4.68. The zero-order valence-electron chi connectivity index (χ0n) is 15.0. The normalized spacial score (nSPS) is 16.0. The van der Waals surface area contributed by atoms with Crippen LogP contribution in [0.3, 0.4) is 0 Å². The predicted molar refractivity (Wildman–Crippen MR) is 97.0 cm³/mol. The van der Waals surface area contributed by atoms with Gasteiger partial charge in [-0.25, -0.2) is 4.98 Å². The fourth-order valence-corrected chi connectivity index (χ4v) is 3.13. The van der Waals surface area contributed by atoms with Crippen molar-refractivity contribution in [2.24, 2.45) is 5.73 Å². The highest BCUT2D eigenvalue weighted by molar-refractivity contribution is 5.88. The number of aromatic nitrogens is 2. The molecule has 0 saturated carbocycles. The molecule has 1 amide bonds. The lowest BCUT2D eigenvalue weighted by Crippen LogP contribution is -2.34. The molecule has 1 aromatic heterocycles. The van der Waals surface area contributed by atoms with E-state index in [0.29, 0.717) is 13.0 Å². The van der Waals surface area contributed by atoms with Crippen LogP contribution in [0.1, 0.15) is 50.6 Å². The van der Waals surface area contributed by atoms with Gasteiger partial charge in [0, 0.05) is 37.7 Å². The summed E-state index contributed by atoms with van der Waals surface area (Å²) in [7, 11) is 0. The minimum atomic E-state index is -0.584. The molecule has 1 aliphatic heterocycles. The van der Waals surface area contributed by atoms with Crippen molar-refractivity contribution < 1.29 is 9.59 Å². The predicted octanol–water partition coefficient (Wildman–Crippen LogP) is 1.01. The number of amides is 1. The van der Waals surface area contributed by atoms with Gasteiger partial charge < -0.3 is 20.9 Å². The number of rotatable bonds is 12. The van der Waals surface area contributed by atoms with Crippen LogP contribution in [-0.2, 0) is 16.0 Å². The minimum Gasteiger partial charge on any atom is -0.356 e. The maximum atomic E-state index is 12.0. The first kappa shape index (κ1) is 19.6. The van der Waals surface area contributed by atoms with E-state index in [0.717, 1.165) is 18.5 Å². The minimum absolute atomic E-state index is 0.0679. The Labute approximate surface area is 149 Å². The largest absolute Gasteiger partial charge is 0.356 e. The van der Waals surface area contributed by atoms with Crippen molar-refractivity contribution in [2.75, 3.05) is 26.2 Å². The van der Waals surface area contributed by atoms with Gasteiger partial charge in [0.25, 0.3) is 0 Å². The molecule has 1 saturated heterocycles. The van der Waals surface area contributed by atoms with Crippen molar-refractivity contribution in [3.8, 4) is 0 Å². The topological polar surface area (TPSA) is 104 Å². The highest BCUT2D eigenvalue weighted by Gasteiger charge is 2.16. The molecule has 1 unspecified atom stereocenters. The van der Waals surface area contributed by atoms with E-state index in [1.807, 2.05) is 0 Å². The van der Waals surface area contributed by atoms with E-state index in [1.54, 1.807) is 12.5 Å². The van der Waals surface area contributed by atoms with Crippen molar-refractivity contribution in [1.82, 2.24) is 20.2 Å². The number of nitrogens with one attached hydrogen (secondary N) is 2. The monoisotopic (exact) mass is 349 g/mol. The maximum absolute atomic E-state index is 12.0. The van der Waals surface area contributed by atoms with Gasteiger partial charge in [-0.2, -0.15) is 0 Å². The fraction of sp³-hybridized carbons (Fsp3) is 0.722. The molecule has 1 fully saturated rings. The van der Waals surface area contributed by atoms with Gasteiger partial charge in [0.05, 0.1) is 12.4 Å². The maximum Gasteiger partial charge on any atom is 0.220 e. The third kappa shape index (κ3) is 7.79. The van der Waals surface area contributed by atoms with Gasteiger partial charge in [-0.05, 0) is 45.3 Å². The number of likely N-dealkylation sites (tertiary alicyclic amines) is 1. The first-order valence-electron chi connectivity index (χ1n) is 9.40. The summed E-state index contributed by atoms with van der Waals surface area (Å²) in [5.41, 5.74) is 6.70. The average Bonchev–Trinajstić information content (AvgIpc) is 3.29. The van der Waals surface area contributed by atoms with Crippen LogP contribution in [0, 0.1) is 0 Å². The molecule has 0 radical (unpaired) electrons. The van der Waals surface area contributed by atoms with Crippen LogP contribution in [0.4, 0.5) is 0 Å². The number of unbranched alkanes of at least 4 members (excludes halogenated alkanes) is 2. The molecule has 2 rings (SSSR count). The number of H-pyrrole nitrogens is 1. The molecule has 1 aromatic rings. The summed E-state index contributed by atoms with van der Waals surface area (Å²) in [6.07, 6.45) is 10.0. The third-order valence-corrected chi connectivity index (χ3v) is 4.68. The van der Waals surface area contributed by atoms with Crippen LogP contribution in [0.2, 0.25) is 0 Å². The van der Waals surface area contributed by atoms with E-state index in [2.05, 4.69) is 20.2 Å². The van der Waals surface area contributed by atoms with Crippen molar-refractivity contribution >= 4 is 11.7 Å². The summed E-state index contributed by atoms with van der Waals surface area (Å²) in [4.78, 5) is 33.1. The lowest BCUT2D eigenvalue weighted by atomic mass is 10.0. The van der Waals surface area contributed by atoms with E-state index in [4.69, 9.17) is 5.73 Å². The van der Waals surface area contributed by atoms with Crippen LogP contribution in [0.25, 0.3) is 0 Å². The number of aromatic amines is 1. The second-order valence-corrected chi connectivity index (χ2v) is 6.81. The smallest absolute Gasteiger partial charge is 0.220 e. The van der Waals surface area contributed by atoms with Gasteiger partial charge in [-0.3, -0.25) is 9.59 Å². The molecular weight excluding hydrogens is 318 g/mol. The molecule has 7 nitrogen and oxygen atoms in total. The second-order valence-electron chi connectivity index (χ2n) is 6.81. The number of Topliss-reactive ketones (excluding diaryl/α,β-unsaturated/α-hetero) is 1. The first-order valence-corrected chi connectivity index (χ1v) is 9.40. The highest BCUT2D eigenvalue weighted by Crippen LogP contribution is 2.08. The fourth-order valence-electron chi connectivity index (χ4n) is 3.13. The average molecular weight is 349 g/mol. The van der Waals surface area contributed by atoms with Crippen molar-refractivity contribution in [3.63, 3.8) is 0 Å². The summed E-state index contributed by atoms with van der Waals surface area (Å²) in [5.74, 6) is -0.156. The number of nitrogens with zero attached hydrogens (tertiary/aromatic N) is 2. The van der Waals surface area contributed by atoms with Crippen LogP contribution in [-0.4, -0.2) is 58.8 Å². The van der Waals surface area contributed by atoms with Gasteiger partial charge in [0.2, 0.25) is 5.91 Å². The van der Waals surface area contributed by atoms with Crippen LogP contribution < -0.4 is 11.1 Å². The molecular formula is C18H31N5O2. The van der Waals surface area contributed by atoms with E-state index in [-0.39, 0.29) is 24.5 Å². The lowest BCUT2D eigenvalue weighted by Gasteiger charge is -2.13. The Balaban J connectivity index is 1.46. The van der Waals surface area contributed by atoms with Crippen LogP contribution >= 0.6 is 0 Å².